The Balaban J connectivity index is -0.0000000245. The average Bonchev–Trinajstić information content (AvgIpc) is 1.65. The Kier molecular flexibility index (Phi) is 16.2. The first kappa shape index (κ1) is 16.9. The molecule has 0 unspecified atom stereocenters. The van der Waals surface area contributed by atoms with Crippen LogP contribution in [0.3, 0.4) is 0 Å². The van der Waals surface area contributed by atoms with Crippen molar-refractivity contribution in [1.82, 2.24) is 5.32 Å². The Hall–Kier alpha value is 0.574. The van der Waals surface area contributed by atoms with E-state index >= 15 is 0 Å². The molecule has 0 aromatic rings. The fourth-order valence-corrected chi connectivity index (χ4v) is 0.343. The molecule has 0 radical (unpaired) electrons. The summed E-state index contributed by atoms with van der Waals surface area (Å²) in [5.41, 5.74) is 0. The minimum Gasteiger partial charge on any atom is -1.00 e. The molecule has 1 amide bonds. The van der Waals surface area contributed by atoms with Crippen LogP contribution in [0.2, 0.25) is 0 Å². The Morgan fingerprint density at radius 1 is 1.70 bits per heavy atom. The van der Waals surface area contributed by atoms with Crippen molar-refractivity contribution in [3.8, 4) is 0 Å². The van der Waals surface area contributed by atoms with Crippen LogP contribution < -0.4 is 24.2 Å². The summed E-state index contributed by atoms with van der Waals surface area (Å²) >= 11 is 0. The van der Waals surface area contributed by atoms with Crippen molar-refractivity contribution in [3.05, 3.63) is 12.7 Å². The largest absolute Gasteiger partial charge is 2.00 e. The van der Waals surface area contributed by atoms with E-state index in [2.05, 4.69) is 11.9 Å². The third-order valence-electron chi connectivity index (χ3n) is 0.616. The molecule has 52 valence electrons. The summed E-state index contributed by atoms with van der Waals surface area (Å²) in [6, 6.07) is 0.209. The predicted molar refractivity (Wildman–Crippen MR) is 42.6 cm³/mol. The fraction of sp³-hybridized carbons (Fsp3) is 0.500. The monoisotopic (exact) mass is 147 g/mol. The molecule has 2 nitrogen and oxygen atoms in total. The number of amides is 1. The van der Waals surface area contributed by atoms with Gasteiger partial charge in [0.1, 0.15) is 0 Å². The molecule has 0 rings (SSSR count). The first-order chi connectivity index (χ1) is 3.66. The minimum absolute atomic E-state index is 0. The van der Waals surface area contributed by atoms with E-state index in [0.29, 0.717) is 0 Å². The van der Waals surface area contributed by atoms with Crippen LogP contribution in [0.25, 0.3) is 0 Å². The van der Waals surface area contributed by atoms with Gasteiger partial charge in [0.2, 0.25) is 5.91 Å². The fourth-order valence-electron chi connectivity index (χ4n) is 0.343. The van der Waals surface area contributed by atoms with E-state index < -0.39 is 0 Å². The van der Waals surface area contributed by atoms with Crippen LogP contribution in [-0.4, -0.2) is 35.0 Å². The average molecular weight is 147 g/mol. The molecule has 0 saturated heterocycles. The summed E-state index contributed by atoms with van der Waals surface area (Å²) in [7, 11) is 0. The molecular formula is C6H14LiMgNO. The Morgan fingerprint density at radius 3 is 2.20 bits per heavy atom. The number of hydrogen-bond donors (Lipinski definition) is 1. The molecule has 0 bridgehead atoms. The zero-order valence-electron chi connectivity index (χ0n) is 9.98. The second-order valence-corrected chi connectivity index (χ2v) is 1.87. The minimum atomic E-state index is -0.111. The van der Waals surface area contributed by atoms with Crippen molar-refractivity contribution < 1.29 is 27.9 Å². The van der Waals surface area contributed by atoms with Crippen LogP contribution in [-0.2, 0) is 4.79 Å². The van der Waals surface area contributed by atoms with Crippen LogP contribution in [0.4, 0.5) is 0 Å². The standard InChI is InChI=1S/C6H11NO.Li.Mg.3H/c1-4-6(8)7-5(2)3;;;;;/h4-5H,1H2,2-3H3,(H,7,8);;;;;/q;+1;+2;3*-1. The molecule has 0 atom stereocenters. The Bertz CT molecular complexity index is 116. The molecule has 4 heteroatoms. The van der Waals surface area contributed by atoms with Crippen molar-refractivity contribution in [2.75, 3.05) is 0 Å². The third kappa shape index (κ3) is 11.4. The van der Waals surface area contributed by atoms with E-state index in [1.807, 2.05) is 13.8 Å². The first-order valence-electron chi connectivity index (χ1n) is 2.59. The van der Waals surface area contributed by atoms with Crippen molar-refractivity contribution >= 4 is 29.0 Å². The van der Waals surface area contributed by atoms with E-state index in [1.165, 1.54) is 6.08 Å². The molecule has 0 spiro atoms. The Labute approximate surface area is 94.6 Å². The summed E-state index contributed by atoms with van der Waals surface area (Å²) in [5, 5.41) is 2.64. The maximum absolute atomic E-state index is 10.4. The third-order valence-corrected chi connectivity index (χ3v) is 0.616. The van der Waals surface area contributed by atoms with Gasteiger partial charge >= 0.3 is 41.9 Å². The van der Waals surface area contributed by atoms with Gasteiger partial charge in [-0.05, 0) is 19.9 Å². The van der Waals surface area contributed by atoms with Gasteiger partial charge in [-0.3, -0.25) is 4.79 Å². The maximum Gasteiger partial charge on any atom is 2.00 e. The van der Waals surface area contributed by atoms with Gasteiger partial charge < -0.3 is 9.60 Å². The topological polar surface area (TPSA) is 29.1 Å². The van der Waals surface area contributed by atoms with Gasteiger partial charge in [-0.15, -0.1) is 0 Å². The van der Waals surface area contributed by atoms with E-state index in [1.54, 1.807) is 0 Å². The summed E-state index contributed by atoms with van der Waals surface area (Å²) in [4.78, 5) is 10.4. The van der Waals surface area contributed by atoms with Crippen molar-refractivity contribution in [1.29, 1.82) is 0 Å². The predicted octanol–water partition coefficient (Wildman–Crippen LogP) is -2.34. The summed E-state index contributed by atoms with van der Waals surface area (Å²) in [5.74, 6) is -0.111. The normalized spacial score (nSPS) is 7.10. The second kappa shape index (κ2) is 9.57. The number of nitrogens with one attached hydrogen (secondary N) is 1. The molecule has 0 aliphatic rings. The molecule has 0 saturated carbocycles. The van der Waals surface area contributed by atoms with Crippen molar-refractivity contribution in [3.63, 3.8) is 0 Å². The number of rotatable bonds is 2. The van der Waals surface area contributed by atoms with E-state index in [0.717, 1.165) is 0 Å². The van der Waals surface area contributed by atoms with Crippen molar-refractivity contribution in [2.45, 2.75) is 19.9 Å². The van der Waals surface area contributed by atoms with Crippen LogP contribution >= 0.6 is 0 Å². The molecule has 0 aromatic heterocycles. The molecule has 0 aliphatic heterocycles. The Morgan fingerprint density at radius 2 is 2.10 bits per heavy atom. The second-order valence-electron chi connectivity index (χ2n) is 1.87. The molecule has 1 N–H and O–H groups in total. The van der Waals surface area contributed by atoms with E-state index in [9.17, 15) is 4.79 Å². The van der Waals surface area contributed by atoms with E-state index in [4.69, 9.17) is 0 Å². The molecule has 0 aliphatic carbocycles. The van der Waals surface area contributed by atoms with Crippen LogP contribution in [0.5, 0.6) is 0 Å². The van der Waals surface area contributed by atoms with Crippen LogP contribution in [0.1, 0.15) is 18.1 Å². The maximum atomic E-state index is 10.4. The van der Waals surface area contributed by atoms with Gasteiger partial charge in [0, 0.05) is 6.04 Å². The van der Waals surface area contributed by atoms with E-state index in [-0.39, 0.29) is 58.1 Å². The zero-order chi connectivity index (χ0) is 6.57. The summed E-state index contributed by atoms with van der Waals surface area (Å²) < 4.78 is 0. The number of carbonyl (C=O) groups excluding carboxylic acids is 1. The zero-order valence-corrected chi connectivity index (χ0v) is 8.39. The number of hydrogen-bond acceptors (Lipinski definition) is 1. The first-order valence-corrected chi connectivity index (χ1v) is 2.59. The molecule has 0 fully saturated rings. The van der Waals surface area contributed by atoms with Gasteiger partial charge in [0.15, 0.2) is 0 Å². The quantitative estimate of drug-likeness (QED) is 0.344. The smallest absolute Gasteiger partial charge is 1.00 e. The number of carbonyl (C=O) groups is 1. The SMILES string of the molecule is C=CC(=O)NC(C)C.[H-].[H-].[H-].[Li+].[Mg+2]. The van der Waals surface area contributed by atoms with Gasteiger partial charge in [-0.25, -0.2) is 0 Å². The summed E-state index contributed by atoms with van der Waals surface area (Å²) in [6.45, 7) is 7.11. The van der Waals surface area contributed by atoms with Gasteiger partial charge in [-0.1, -0.05) is 6.58 Å². The van der Waals surface area contributed by atoms with Gasteiger partial charge in [-0.2, -0.15) is 0 Å². The summed E-state index contributed by atoms with van der Waals surface area (Å²) in [6.07, 6.45) is 1.26. The molecule has 0 heterocycles. The van der Waals surface area contributed by atoms with Gasteiger partial charge in [0.05, 0.1) is 0 Å². The van der Waals surface area contributed by atoms with Crippen LogP contribution in [0.15, 0.2) is 12.7 Å². The molecular weight excluding hydrogens is 133 g/mol. The molecule has 10 heavy (non-hydrogen) atoms. The van der Waals surface area contributed by atoms with Gasteiger partial charge in [0.25, 0.3) is 0 Å². The van der Waals surface area contributed by atoms with Crippen molar-refractivity contribution in [2.24, 2.45) is 0 Å². The molecule has 0 aromatic carbocycles. The van der Waals surface area contributed by atoms with Crippen LogP contribution in [0, 0.1) is 0 Å².